The minimum Gasteiger partial charge on any atom is -0.300 e. The molecule has 2 unspecified atom stereocenters. The van der Waals surface area contributed by atoms with E-state index >= 15 is 0 Å². The predicted octanol–water partition coefficient (Wildman–Crippen LogP) is 3.07. The number of piperidine rings is 2. The van der Waals surface area contributed by atoms with Crippen LogP contribution in [-0.2, 0) is 11.2 Å². The van der Waals surface area contributed by atoms with Gasteiger partial charge in [-0.3, -0.25) is 4.79 Å². The number of carbonyl (C=O) groups excluding carboxylic acids is 1. The molecule has 116 valence electrons. The van der Waals surface area contributed by atoms with Crippen LogP contribution in [0.25, 0.3) is 0 Å². The van der Waals surface area contributed by atoms with Crippen molar-refractivity contribution < 1.29 is 9.18 Å². The number of halogens is 1. The molecule has 0 radical (unpaired) electrons. The first kappa shape index (κ1) is 15.2. The average Bonchev–Trinajstić information content (AvgIpc) is 2.48. The highest BCUT2D eigenvalue weighted by atomic mass is 19.1. The van der Waals surface area contributed by atoms with Crippen molar-refractivity contribution in [2.75, 3.05) is 7.05 Å². The quantitative estimate of drug-likeness (QED) is 0.861. The van der Waals surface area contributed by atoms with Gasteiger partial charge in [-0.2, -0.15) is 5.26 Å². The molecule has 2 heterocycles. The van der Waals surface area contributed by atoms with Crippen LogP contribution in [0.15, 0.2) is 18.2 Å². The monoisotopic (exact) mass is 300 g/mol. The van der Waals surface area contributed by atoms with E-state index < -0.39 is 5.82 Å². The number of ketones is 1. The molecule has 1 aromatic carbocycles. The first-order valence-corrected chi connectivity index (χ1v) is 8.01. The lowest BCUT2D eigenvalue weighted by molar-refractivity contribution is -0.126. The molecule has 2 bridgehead atoms. The van der Waals surface area contributed by atoms with E-state index in [2.05, 4.69) is 11.9 Å². The topological polar surface area (TPSA) is 44.1 Å². The van der Waals surface area contributed by atoms with Gasteiger partial charge < -0.3 is 4.90 Å². The summed E-state index contributed by atoms with van der Waals surface area (Å²) < 4.78 is 13.9. The van der Waals surface area contributed by atoms with Crippen LogP contribution in [0, 0.1) is 23.1 Å². The number of nitriles is 1. The SMILES string of the molecule is CN1C2CCCC1CC(C(=O)Cc1ccc(C#N)cc1F)C2. The zero-order valence-corrected chi connectivity index (χ0v) is 12.9. The van der Waals surface area contributed by atoms with E-state index in [0.29, 0.717) is 23.2 Å². The van der Waals surface area contributed by atoms with Gasteiger partial charge in [0.15, 0.2) is 0 Å². The Morgan fingerprint density at radius 1 is 1.36 bits per heavy atom. The zero-order chi connectivity index (χ0) is 15.7. The van der Waals surface area contributed by atoms with Crippen molar-refractivity contribution in [3.63, 3.8) is 0 Å². The Labute approximate surface area is 130 Å². The molecule has 2 atom stereocenters. The summed E-state index contributed by atoms with van der Waals surface area (Å²) in [5.74, 6) is -0.240. The highest BCUT2D eigenvalue weighted by Gasteiger charge is 2.38. The lowest BCUT2D eigenvalue weighted by atomic mass is 9.76. The van der Waals surface area contributed by atoms with Crippen LogP contribution < -0.4 is 0 Å². The fourth-order valence-corrected chi connectivity index (χ4v) is 3.97. The summed E-state index contributed by atoms with van der Waals surface area (Å²) in [6.07, 6.45) is 5.55. The van der Waals surface area contributed by atoms with Gasteiger partial charge in [-0.05, 0) is 50.4 Å². The predicted molar refractivity (Wildman–Crippen MR) is 81.7 cm³/mol. The Bertz CT molecular complexity index is 608. The lowest BCUT2D eigenvalue weighted by Crippen LogP contribution is -2.51. The zero-order valence-electron chi connectivity index (χ0n) is 12.9. The van der Waals surface area contributed by atoms with Gasteiger partial charge in [-0.25, -0.2) is 4.39 Å². The Hall–Kier alpha value is -1.73. The molecule has 0 amide bonds. The van der Waals surface area contributed by atoms with E-state index in [1.807, 2.05) is 6.07 Å². The van der Waals surface area contributed by atoms with E-state index in [1.54, 1.807) is 12.1 Å². The Balaban J connectivity index is 1.69. The molecule has 1 aromatic rings. The maximum atomic E-state index is 13.9. The van der Waals surface area contributed by atoms with Crippen molar-refractivity contribution >= 4 is 5.78 Å². The number of hydrogen-bond acceptors (Lipinski definition) is 3. The Kier molecular flexibility index (Phi) is 4.26. The summed E-state index contributed by atoms with van der Waals surface area (Å²) >= 11 is 0. The molecule has 0 N–H and O–H groups in total. The van der Waals surface area contributed by atoms with Gasteiger partial charge in [0, 0.05) is 24.4 Å². The minimum atomic E-state index is -0.444. The summed E-state index contributed by atoms with van der Waals surface area (Å²) in [6.45, 7) is 0. The van der Waals surface area contributed by atoms with Gasteiger partial charge >= 0.3 is 0 Å². The first-order valence-electron chi connectivity index (χ1n) is 8.01. The third-order valence-corrected chi connectivity index (χ3v) is 5.34. The van der Waals surface area contributed by atoms with Crippen molar-refractivity contribution in [2.24, 2.45) is 5.92 Å². The molecule has 2 aliphatic heterocycles. The van der Waals surface area contributed by atoms with Crippen molar-refractivity contribution in [1.82, 2.24) is 4.90 Å². The van der Waals surface area contributed by atoms with Crippen molar-refractivity contribution in [3.05, 3.63) is 35.1 Å². The maximum absolute atomic E-state index is 13.9. The minimum absolute atomic E-state index is 0.0570. The second kappa shape index (κ2) is 6.18. The number of hydrogen-bond donors (Lipinski definition) is 0. The van der Waals surface area contributed by atoms with Gasteiger partial charge in [0.05, 0.1) is 11.6 Å². The molecule has 2 aliphatic rings. The van der Waals surface area contributed by atoms with Crippen LogP contribution in [0.1, 0.15) is 43.2 Å². The van der Waals surface area contributed by atoms with Crippen LogP contribution in [0.3, 0.4) is 0 Å². The summed E-state index contributed by atoms with van der Waals surface area (Å²) in [6, 6.07) is 7.29. The third-order valence-electron chi connectivity index (χ3n) is 5.34. The number of Topliss-reactive ketones (excluding diaryl/α,β-unsaturated/α-hetero) is 1. The first-order chi connectivity index (χ1) is 10.6. The van der Waals surface area contributed by atoms with E-state index in [4.69, 9.17) is 5.26 Å². The molecule has 3 nitrogen and oxygen atoms in total. The number of fused-ring (bicyclic) bond motifs is 2. The summed E-state index contributed by atoms with van der Waals surface area (Å²) in [7, 11) is 2.16. The summed E-state index contributed by atoms with van der Waals surface area (Å²) in [4.78, 5) is 15.0. The van der Waals surface area contributed by atoms with E-state index in [-0.39, 0.29) is 18.1 Å². The molecule has 0 aliphatic carbocycles. The Morgan fingerprint density at radius 3 is 2.64 bits per heavy atom. The molecular formula is C18H21FN2O. The average molecular weight is 300 g/mol. The van der Waals surface area contributed by atoms with Crippen LogP contribution in [0.2, 0.25) is 0 Å². The maximum Gasteiger partial charge on any atom is 0.140 e. The lowest BCUT2D eigenvalue weighted by Gasteiger charge is -2.46. The van der Waals surface area contributed by atoms with Crippen molar-refractivity contribution in [1.29, 1.82) is 5.26 Å². The Morgan fingerprint density at radius 2 is 2.05 bits per heavy atom. The van der Waals surface area contributed by atoms with Gasteiger partial charge in [-0.15, -0.1) is 0 Å². The third kappa shape index (κ3) is 2.91. The highest BCUT2D eigenvalue weighted by molar-refractivity contribution is 5.83. The van der Waals surface area contributed by atoms with Crippen LogP contribution in [0.5, 0.6) is 0 Å². The second-order valence-corrected chi connectivity index (χ2v) is 6.63. The molecule has 0 aromatic heterocycles. The highest BCUT2D eigenvalue weighted by Crippen LogP contribution is 2.36. The molecule has 4 heteroatoms. The smallest absolute Gasteiger partial charge is 0.140 e. The van der Waals surface area contributed by atoms with E-state index in [9.17, 15) is 9.18 Å². The van der Waals surface area contributed by atoms with Gasteiger partial charge in [0.25, 0.3) is 0 Å². The number of carbonyl (C=O) groups is 1. The molecule has 2 saturated heterocycles. The van der Waals surface area contributed by atoms with Gasteiger partial charge in [0.1, 0.15) is 11.6 Å². The van der Waals surface area contributed by atoms with Crippen LogP contribution in [-0.4, -0.2) is 29.8 Å². The normalized spacial score (nSPS) is 28.1. The fraction of sp³-hybridized carbons (Fsp3) is 0.556. The van der Waals surface area contributed by atoms with E-state index in [1.165, 1.54) is 25.3 Å². The standard InChI is InChI=1S/C18H21FN2O/c1-21-15-3-2-4-16(21)9-14(8-15)18(22)10-13-6-5-12(11-20)7-17(13)19/h5-7,14-16H,2-4,8-10H2,1H3. The van der Waals surface area contributed by atoms with Crippen molar-refractivity contribution in [2.45, 2.75) is 50.6 Å². The molecule has 3 rings (SSSR count). The number of benzene rings is 1. The largest absolute Gasteiger partial charge is 0.300 e. The van der Waals surface area contributed by atoms with Crippen LogP contribution in [0.4, 0.5) is 4.39 Å². The summed E-state index contributed by atoms with van der Waals surface area (Å²) in [5.41, 5.74) is 0.704. The second-order valence-electron chi connectivity index (χ2n) is 6.63. The van der Waals surface area contributed by atoms with E-state index in [0.717, 1.165) is 12.8 Å². The molecule has 0 saturated carbocycles. The molecule has 22 heavy (non-hydrogen) atoms. The van der Waals surface area contributed by atoms with Crippen LogP contribution >= 0.6 is 0 Å². The molecular weight excluding hydrogens is 279 g/mol. The molecule has 2 fully saturated rings. The number of nitrogens with zero attached hydrogens (tertiary/aromatic N) is 2. The summed E-state index contributed by atoms with van der Waals surface area (Å²) in [5, 5.41) is 8.77. The number of rotatable bonds is 3. The van der Waals surface area contributed by atoms with Crippen molar-refractivity contribution in [3.8, 4) is 6.07 Å². The fourth-order valence-electron chi connectivity index (χ4n) is 3.97. The molecule has 0 spiro atoms. The van der Waals surface area contributed by atoms with Gasteiger partial charge in [0.2, 0.25) is 0 Å². The van der Waals surface area contributed by atoms with Gasteiger partial charge in [-0.1, -0.05) is 12.5 Å².